The van der Waals surface area contributed by atoms with Crippen molar-refractivity contribution in [1.82, 2.24) is 14.8 Å². The number of rotatable bonds is 4. The topological polar surface area (TPSA) is 50.6 Å². The van der Waals surface area contributed by atoms with Gasteiger partial charge in [-0.3, -0.25) is 5.11 Å². The molecule has 1 aliphatic rings. The van der Waals surface area contributed by atoms with Gasteiger partial charge in [0.15, 0.2) is 5.75 Å². The zero-order valence-corrected chi connectivity index (χ0v) is 15.5. The minimum atomic E-state index is -0.422. The number of benzene rings is 2. The second-order valence-electron chi connectivity index (χ2n) is 7.44. The van der Waals surface area contributed by atoms with Crippen LogP contribution < -0.4 is 0 Å². The molecular weight excluding hydrogens is 353 g/mol. The van der Waals surface area contributed by atoms with Crippen molar-refractivity contribution in [2.24, 2.45) is 0 Å². The standard InChI is InChI=1S/C23H19FN3O/c1-14-18(13-15-3-7-17(8-4-15)27-12-2-11-25-27)22(16-5-6-16)26-23-19(24)9-10-20(28)21(14)23/h2-4,7-12,16H,5-6,13H2,1H3. The molecule has 0 amide bonds. The zero-order chi connectivity index (χ0) is 19.3. The largest absolute Gasteiger partial charge is 0.289 e. The van der Waals surface area contributed by atoms with Gasteiger partial charge in [-0.15, -0.1) is 0 Å². The van der Waals surface area contributed by atoms with Crippen LogP contribution in [0.5, 0.6) is 5.75 Å². The van der Waals surface area contributed by atoms with E-state index in [0.29, 0.717) is 17.7 Å². The molecule has 2 aromatic heterocycles. The van der Waals surface area contributed by atoms with Crippen LogP contribution in [-0.2, 0) is 11.5 Å². The summed E-state index contributed by atoms with van der Waals surface area (Å²) in [7, 11) is 0. The van der Waals surface area contributed by atoms with E-state index in [2.05, 4.69) is 22.2 Å². The van der Waals surface area contributed by atoms with Gasteiger partial charge in [0, 0.05) is 24.0 Å². The Hall–Kier alpha value is -3.21. The number of halogens is 1. The van der Waals surface area contributed by atoms with Gasteiger partial charge < -0.3 is 0 Å². The molecule has 0 saturated heterocycles. The highest BCUT2D eigenvalue weighted by molar-refractivity contribution is 5.89. The highest BCUT2D eigenvalue weighted by atomic mass is 19.1. The smallest absolute Gasteiger partial charge is 0.188 e. The van der Waals surface area contributed by atoms with E-state index in [1.165, 1.54) is 12.1 Å². The highest BCUT2D eigenvalue weighted by Gasteiger charge is 2.30. The third-order valence-electron chi connectivity index (χ3n) is 5.51. The molecule has 1 saturated carbocycles. The van der Waals surface area contributed by atoms with Crippen molar-refractivity contribution in [2.45, 2.75) is 32.1 Å². The van der Waals surface area contributed by atoms with Gasteiger partial charge in [0.2, 0.25) is 0 Å². The Morgan fingerprint density at radius 3 is 2.61 bits per heavy atom. The fourth-order valence-corrected chi connectivity index (χ4v) is 3.86. The Bertz CT molecular complexity index is 1160. The number of aromatic nitrogens is 3. The van der Waals surface area contributed by atoms with Crippen LogP contribution in [-0.4, -0.2) is 14.8 Å². The summed E-state index contributed by atoms with van der Waals surface area (Å²) >= 11 is 0. The first-order valence-electron chi connectivity index (χ1n) is 9.49. The number of hydrogen-bond donors (Lipinski definition) is 0. The fraction of sp³-hybridized carbons (Fsp3) is 0.217. The molecule has 0 N–H and O–H groups in total. The van der Waals surface area contributed by atoms with Crippen LogP contribution in [0, 0.1) is 12.7 Å². The molecule has 1 radical (unpaired) electrons. The Labute approximate surface area is 162 Å². The second kappa shape index (κ2) is 6.44. The molecule has 28 heavy (non-hydrogen) atoms. The van der Waals surface area contributed by atoms with Crippen molar-refractivity contribution in [3.8, 4) is 11.4 Å². The lowest BCUT2D eigenvalue weighted by Gasteiger charge is -2.15. The molecule has 0 unspecified atom stereocenters. The third-order valence-corrected chi connectivity index (χ3v) is 5.51. The van der Waals surface area contributed by atoms with Crippen LogP contribution in [0.1, 0.15) is 41.1 Å². The Balaban J connectivity index is 1.59. The van der Waals surface area contributed by atoms with Crippen LogP contribution in [0.4, 0.5) is 4.39 Å². The number of fused-ring (bicyclic) bond motifs is 1. The first-order chi connectivity index (χ1) is 13.6. The first-order valence-corrected chi connectivity index (χ1v) is 9.49. The summed E-state index contributed by atoms with van der Waals surface area (Å²) in [5.41, 5.74) is 5.20. The predicted molar refractivity (Wildman–Crippen MR) is 105 cm³/mol. The summed E-state index contributed by atoms with van der Waals surface area (Å²) in [6, 6.07) is 12.6. The molecule has 0 atom stereocenters. The summed E-state index contributed by atoms with van der Waals surface area (Å²) < 4.78 is 16.2. The zero-order valence-electron chi connectivity index (χ0n) is 15.5. The van der Waals surface area contributed by atoms with Crippen molar-refractivity contribution in [3.05, 3.63) is 83.1 Å². The molecule has 4 aromatic rings. The molecule has 1 aliphatic carbocycles. The summed E-state index contributed by atoms with van der Waals surface area (Å²) in [6.07, 6.45) is 6.47. The molecule has 139 valence electrons. The number of pyridine rings is 1. The van der Waals surface area contributed by atoms with Gasteiger partial charge in [-0.05, 0) is 73.2 Å². The van der Waals surface area contributed by atoms with E-state index in [4.69, 9.17) is 0 Å². The maximum atomic E-state index is 14.3. The monoisotopic (exact) mass is 372 g/mol. The van der Waals surface area contributed by atoms with Gasteiger partial charge >= 0.3 is 0 Å². The summed E-state index contributed by atoms with van der Waals surface area (Å²) in [5, 5.41) is 17.1. The number of hydrogen-bond acceptors (Lipinski definition) is 2. The van der Waals surface area contributed by atoms with Crippen LogP contribution in [0.15, 0.2) is 54.9 Å². The second-order valence-corrected chi connectivity index (χ2v) is 7.44. The average molecular weight is 372 g/mol. The lowest BCUT2D eigenvalue weighted by atomic mass is 9.93. The van der Waals surface area contributed by atoms with E-state index in [-0.39, 0.29) is 11.3 Å². The lowest BCUT2D eigenvalue weighted by Crippen LogP contribution is -2.04. The van der Waals surface area contributed by atoms with Gasteiger partial charge in [-0.1, -0.05) is 12.1 Å². The van der Waals surface area contributed by atoms with E-state index in [1.807, 2.05) is 36.0 Å². The maximum absolute atomic E-state index is 14.3. The maximum Gasteiger partial charge on any atom is 0.188 e. The molecular formula is C23H19FN3O. The first kappa shape index (κ1) is 16.9. The van der Waals surface area contributed by atoms with E-state index >= 15 is 0 Å². The summed E-state index contributed by atoms with van der Waals surface area (Å²) in [4.78, 5) is 4.62. The molecule has 0 aliphatic heterocycles. The van der Waals surface area contributed by atoms with E-state index in [1.54, 1.807) is 6.20 Å². The minimum Gasteiger partial charge on any atom is -0.289 e. The van der Waals surface area contributed by atoms with Crippen molar-refractivity contribution in [1.29, 1.82) is 0 Å². The van der Waals surface area contributed by atoms with Crippen molar-refractivity contribution in [2.75, 3.05) is 0 Å². The third kappa shape index (κ3) is 2.83. The minimum absolute atomic E-state index is 0.168. The molecule has 2 aromatic carbocycles. The summed E-state index contributed by atoms with van der Waals surface area (Å²) in [6.45, 7) is 1.92. The molecule has 4 nitrogen and oxygen atoms in total. The lowest BCUT2D eigenvalue weighted by molar-refractivity contribution is 0.359. The van der Waals surface area contributed by atoms with Gasteiger partial charge in [-0.25, -0.2) is 14.1 Å². The normalized spacial score (nSPS) is 13.9. The fourth-order valence-electron chi connectivity index (χ4n) is 3.86. The molecule has 1 fully saturated rings. The number of aryl methyl sites for hydroxylation is 1. The van der Waals surface area contributed by atoms with E-state index < -0.39 is 5.82 Å². The van der Waals surface area contributed by atoms with Crippen molar-refractivity contribution in [3.63, 3.8) is 0 Å². The average Bonchev–Trinajstić information content (AvgIpc) is 3.40. The Kier molecular flexibility index (Phi) is 3.90. The molecule has 5 heteroatoms. The molecule has 0 bridgehead atoms. The Morgan fingerprint density at radius 2 is 1.93 bits per heavy atom. The quantitative estimate of drug-likeness (QED) is 0.476. The van der Waals surface area contributed by atoms with Gasteiger partial charge in [0.05, 0.1) is 11.1 Å². The van der Waals surface area contributed by atoms with E-state index in [0.717, 1.165) is 40.9 Å². The number of nitrogens with zero attached hydrogens (tertiary/aromatic N) is 3. The van der Waals surface area contributed by atoms with Gasteiger partial charge in [0.25, 0.3) is 0 Å². The SMILES string of the molecule is Cc1c(Cc2ccc(-n3cccn3)cc2)c(C2CC2)nc2c(F)ccc([O])c12. The molecule has 5 rings (SSSR count). The van der Waals surface area contributed by atoms with Crippen LogP contribution in [0.3, 0.4) is 0 Å². The highest BCUT2D eigenvalue weighted by Crippen LogP contribution is 2.44. The van der Waals surface area contributed by atoms with Gasteiger partial charge in [0.1, 0.15) is 11.3 Å². The molecule has 2 heterocycles. The van der Waals surface area contributed by atoms with Crippen molar-refractivity contribution >= 4 is 10.9 Å². The van der Waals surface area contributed by atoms with Crippen LogP contribution in [0.25, 0.3) is 16.6 Å². The molecule has 0 spiro atoms. The Morgan fingerprint density at radius 1 is 1.14 bits per heavy atom. The van der Waals surface area contributed by atoms with Crippen LogP contribution >= 0.6 is 0 Å². The van der Waals surface area contributed by atoms with E-state index in [9.17, 15) is 9.50 Å². The van der Waals surface area contributed by atoms with Gasteiger partial charge in [-0.2, -0.15) is 5.10 Å². The predicted octanol–water partition coefficient (Wildman–Crippen LogP) is 5.48. The summed E-state index contributed by atoms with van der Waals surface area (Å²) in [5.74, 6) is -0.218. The van der Waals surface area contributed by atoms with Crippen molar-refractivity contribution < 1.29 is 9.50 Å². The van der Waals surface area contributed by atoms with Crippen LogP contribution in [0.2, 0.25) is 0 Å².